The van der Waals surface area contributed by atoms with Crippen molar-refractivity contribution in [1.82, 2.24) is 4.98 Å². The fourth-order valence-electron chi connectivity index (χ4n) is 2.69. The zero-order chi connectivity index (χ0) is 19.7. The molecule has 28 heavy (non-hydrogen) atoms. The number of carbonyl (C=O) groups is 1. The molecule has 0 fully saturated rings. The van der Waals surface area contributed by atoms with Crippen LogP contribution in [0.2, 0.25) is 5.02 Å². The maximum atomic E-state index is 12.5. The van der Waals surface area contributed by atoms with Crippen LogP contribution >= 0.6 is 34.3 Å². The minimum absolute atomic E-state index is 0.158. The van der Waals surface area contributed by atoms with Crippen molar-refractivity contribution in [3.05, 3.63) is 74.4 Å². The van der Waals surface area contributed by atoms with Gasteiger partial charge in [0.2, 0.25) is 0 Å². The Morgan fingerprint density at radius 3 is 2.86 bits per heavy atom. The van der Waals surface area contributed by atoms with Crippen LogP contribution in [-0.4, -0.2) is 10.9 Å². The Balaban J connectivity index is 1.41. The third-order valence-electron chi connectivity index (χ3n) is 4.18. The highest BCUT2D eigenvalue weighted by Crippen LogP contribution is 2.28. The van der Waals surface area contributed by atoms with E-state index in [1.54, 1.807) is 0 Å². The molecule has 0 radical (unpaired) electrons. The quantitative estimate of drug-likeness (QED) is 0.397. The number of carbonyl (C=O) groups excluding carboxylic acids is 1. The molecule has 2 aromatic carbocycles. The second-order valence-corrected chi connectivity index (χ2v) is 8.81. The zero-order valence-electron chi connectivity index (χ0n) is 15.3. The number of ether oxygens (including phenoxy) is 1. The number of amides is 1. The van der Waals surface area contributed by atoms with Crippen LogP contribution in [0.15, 0.2) is 47.8 Å². The minimum Gasteiger partial charge on any atom is -0.489 e. The lowest BCUT2D eigenvalue weighted by Crippen LogP contribution is -2.09. The van der Waals surface area contributed by atoms with E-state index in [1.165, 1.54) is 28.2 Å². The molecular weight excluding hydrogens is 412 g/mol. The van der Waals surface area contributed by atoms with Crippen LogP contribution < -0.4 is 10.1 Å². The molecular formula is C21H17ClN2O2S2. The van der Waals surface area contributed by atoms with Gasteiger partial charge < -0.3 is 4.74 Å². The third kappa shape index (κ3) is 4.19. The van der Waals surface area contributed by atoms with Gasteiger partial charge in [0, 0.05) is 10.6 Å². The van der Waals surface area contributed by atoms with Crippen LogP contribution in [0.4, 0.5) is 5.13 Å². The molecule has 0 spiro atoms. The van der Waals surface area contributed by atoms with Crippen molar-refractivity contribution in [2.24, 2.45) is 0 Å². The van der Waals surface area contributed by atoms with E-state index in [9.17, 15) is 4.79 Å². The van der Waals surface area contributed by atoms with Crippen LogP contribution in [-0.2, 0) is 6.61 Å². The number of benzene rings is 2. The van der Waals surface area contributed by atoms with Crippen molar-refractivity contribution in [2.75, 3.05) is 5.32 Å². The van der Waals surface area contributed by atoms with E-state index in [0.717, 1.165) is 27.1 Å². The number of halogens is 1. The van der Waals surface area contributed by atoms with Gasteiger partial charge in [-0.05, 0) is 66.8 Å². The maximum absolute atomic E-state index is 12.5. The largest absolute Gasteiger partial charge is 0.489 e. The minimum atomic E-state index is -0.158. The summed E-state index contributed by atoms with van der Waals surface area (Å²) in [6.45, 7) is 4.37. The van der Waals surface area contributed by atoms with Gasteiger partial charge in [0.05, 0.1) is 15.1 Å². The van der Waals surface area contributed by atoms with Gasteiger partial charge in [0.25, 0.3) is 5.91 Å². The third-order valence-corrected chi connectivity index (χ3v) is 6.51. The normalized spacial score (nSPS) is 11.0. The lowest BCUT2D eigenvalue weighted by atomic mass is 10.2. The Labute approximate surface area is 175 Å². The van der Waals surface area contributed by atoms with Crippen molar-refractivity contribution in [3.8, 4) is 5.75 Å². The van der Waals surface area contributed by atoms with Crippen LogP contribution in [0.1, 0.15) is 26.4 Å². The second kappa shape index (κ2) is 7.91. The summed E-state index contributed by atoms with van der Waals surface area (Å²) in [7, 11) is 0. The molecule has 0 unspecified atom stereocenters. The fraction of sp³-hybridized carbons (Fsp3) is 0.143. The molecule has 7 heteroatoms. The van der Waals surface area contributed by atoms with Crippen LogP contribution in [0.3, 0.4) is 0 Å². The number of hydrogen-bond donors (Lipinski definition) is 1. The first-order valence-corrected chi connectivity index (χ1v) is 10.7. The summed E-state index contributed by atoms with van der Waals surface area (Å²) >= 11 is 8.90. The van der Waals surface area contributed by atoms with Gasteiger partial charge in [0.1, 0.15) is 12.4 Å². The molecule has 0 bridgehead atoms. The van der Waals surface area contributed by atoms with Crippen molar-refractivity contribution in [2.45, 2.75) is 20.5 Å². The molecule has 4 aromatic rings. The standard InChI is InChI=1S/C21H17ClN2O2S2/c1-12-3-6-17-18(7-12)28-21(23-17)24-20(25)19-9-14(11-27-19)10-26-15-4-5-16(22)13(2)8-15/h3-9,11H,10H2,1-2H3,(H,23,24,25). The molecule has 0 saturated heterocycles. The molecule has 2 heterocycles. The lowest BCUT2D eigenvalue weighted by Gasteiger charge is -2.06. The molecule has 1 N–H and O–H groups in total. The predicted molar refractivity (Wildman–Crippen MR) is 117 cm³/mol. The van der Waals surface area contributed by atoms with E-state index in [2.05, 4.69) is 16.4 Å². The summed E-state index contributed by atoms with van der Waals surface area (Å²) in [5.74, 6) is 0.596. The van der Waals surface area contributed by atoms with E-state index < -0.39 is 0 Å². The predicted octanol–water partition coefficient (Wildman–Crippen LogP) is 6.46. The van der Waals surface area contributed by atoms with Gasteiger partial charge in [-0.2, -0.15) is 0 Å². The zero-order valence-corrected chi connectivity index (χ0v) is 17.7. The molecule has 0 aliphatic heterocycles. The number of fused-ring (bicyclic) bond motifs is 1. The first-order chi connectivity index (χ1) is 13.5. The summed E-state index contributed by atoms with van der Waals surface area (Å²) in [5.41, 5.74) is 3.98. The molecule has 0 atom stereocenters. The monoisotopic (exact) mass is 428 g/mol. The average molecular weight is 429 g/mol. The average Bonchev–Trinajstić information content (AvgIpc) is 3.29. The van der Waals surface area contributed by atoms with Gasteiger partial charge in [0.15, 0.2) is 5.13 Å². The highest BCUT2D eigenvalue weighted by atomic mass is 35.5. The molecule has 0 aliphatic carbocycles. The van der Waals surface area contributed by atoms with E-state index in [0.29, 0.717) is 21.6 Å². The van der Waals surface area contributed by atoms with E-state index in [4.69, 9.17) is 16.3 Å². The number of hydrogen-bond acceptors (Lipinski definition) is 5. The Kier molecular flexibility index (Phi) is 5.35. The maximum Gasteiger partial charge on any atom is 0.267 e. The Hall–Kier alpha value is -2.41. The van der Waals surface area contributed by atoms with Gasteiger partial charge in [-0.1, -0.05) is 29.0 Å². The van der Waals surface area contributed by atoms with Crippen LogP contribution in [0.5, 0.6) is 5.75 Å². The summed E-state index contributed by atoms with van der Waals surface area (Å²) < 4.78 is 6.86. The van der Waals surface area contributed by atoms with E-state index >= 15 is 0 Å². The highest BCUT2D eigenvalue weighted by Gasteiger charge is 2.13. The number of thiophene rings is 1. The van der Waals surface area contributed by atoms with Crippen LogP contribution in [0.25, 0.3) is 10.2 Å². The first kappa shape index (κ1) is 18.9. The molecule has 4 rings (SSSR count). The molecule has 142 valence electrons. The Morgan fingerprint density at radius 2 is 2.04 bits per heavy atom. The van der Waals surface area contributed by atoms with Gasteiger partial charge in [-0.25, -0.2) is 4.98 Å². The molecule has 4 nitrogen and oxygen atoms in total. The number of nitrogens with one attached hydrogen (secondary N) is 1. The number of rotatable bonds is 5. The summed E-state index contributed by atoms with van der Waals surface area (Å²) in [5, 5.41) is 6.14. The highest BCUT2D eigenvalue weighted by molar-refractivity contribution is 7.22. The number of thiazole rings is 1. The first-order valence-electron chi connectivity index (χ1n) is 8.63. The lowest BCUT2D eigenvalue weighted by molar-refractivity contribution is 0.103. The Bertz CT molecular complexity index is 1170. The van der Waals surface area contributed by atoms with Gasteiger partial charge in [-0.3, -0.25) is 10.1 Å². The van der Waals surface area contributed by atoms with Crippen molar-refractivity contribution >= 4 is 55.5 Å². The van der Waals surface area contributed by atoms with Crippen LogP contribution in [0, 0.1) is 13.8 Å². The molecule has 0 saturated carbocycles. The van der Waals surface area contributed by atoms with Gasteiger partial charge >= 0.3 is 0 Å². The van der Waals surface area contributed by atoms with Crippen molar-refractivity contribution in [3.63, 3.8) is 0 Å². The van der Waals surface area contributed by atoms with Gasteiger partial charge in [-0.15, -0.1) is 11.3 Å². The fourth-order valence-corrected chi connectivity index (χ4v) is 4.56. The smallest absolute Gasteiger partial charge is 0.267 e. The summed E-state index contributed by atoms with van der Waals surface area (Å²) in [6.07, 6.45) is 0. The molecule has 0 aliphatic rings. The van der Waals surface area contributed by atoms with E-state index in [1.807, 2.05) is 55.6 Å². The summed E-state index contributed by atoms with van der Waals surface area (Å²) in [6, 6.07) is 13.5. The van der Waals surface area contributed by atoms with E-state index in [-0.39, 0.29) is 5.91 Å². The second-order valence-electron chi connectivity index (χ2n) is 6.46. The SMILES string of the molecule is Cc1ccc2nc(NC(=O)c3cc(COc4ccc(Cl)c(C)c4)cs3)sc2c1. The number of anilines is 1. The number of nitrogens with zero attached hydrogens (tertiary/aromatic N) is 1. The Morgan fingerprint density at radius 1 is 1.18 bits per heavy atom. The molecule has 2 aromatic heterocycles. The number of aryl methyl sites for hydroxylation is 2. The number of aromatic nitrogens is 1. The van der Waals surface area contributed by atoms with Crippen molar-refractivity contribution in [1.29, 1.82) is 0 Å². The van der Waals surface area contributed by atoms with Crippen molar-refractivity contribution < 1.29 is 9.53 Å². The molecule has 1 amide bonds. The topological polar surface area (TPSA) is 51.2 Å². The summed E-state index contributed by atoms with van der Waals surface area (Å²) in [4.78, 5) is 17.6.